The van der Waals surface area contributed by atoms with Crippen LogP contribution in [-0.4, -0.2) is 47.4 Å². The molecule has 0 N–H and O–H groups in total. The molecule has 0 unspecified atom stereocenters. The highest BCUT2D eigenvalue weighted by Crippen LogP contribution is 2.36. The van der Waals surface area contributed by atoms with Crippen molar-refractivity contribution in [2.24, 2.45) is 0 Å². The standard InChI is InChI=1S/C32H28FN3O6/c1-35(18-21-12-15-28(41-2)26(33)17-21)29(37)19-42-32(38)30-24-7-3-4-9-27(24)34-31-22(6-5-8-25(30)31)16-20-10-13-23(14-11-20)36(39)40/h3-4,7,9-17H,5-6,8,18-19H2,1-2H3/b22-16-. The fourth-order valence-electron chi connectivity index (χ4n) is 5.08. The molecule has 0 fully saturated rings. The zero-order valence-corrected chi connectivity index (χ0v) is 23.1. The van der Waals surface area contributed by atoms with Gasteiger partial charge in [-0.25, -0.2) is 14.2 Å². The van der Waals surface area contributed by atoms with Gasteiger partial charge in [0.25, 0.3) is 11.6 Å². The van der Waals surface area contributed by atoms with E-state index in [1.54, 1.807) is 31.3 Å². The molecule has 0 aliphatic heterocycles. The zero-order chi connectivity index (χ0) is 29.8. The lowest BCUT2D eigenvalue weighted by atomic mass is 9.86. The summed E-state index contributed by atoms with van der Waals surface area (Å²) in [7, 11) is 2.93. The Bertz CT molecular complexity index is 1720. The SMILES string of the molecule is COc1ccc(CN(C)C(=O)COC(=O)c2c3c(nc4ccccc24)/C(=C\c2ccc([N+](=O)[O-])cc2)CCC3)cc1F. The van der Waals surface area contributed by atoms with Gasteiger partial charge < -0.3 is 14.4 Å². The number of pyridine rings is 1. The van der Waals surface area contributed by atoms with Crippen LogP contribution in [0.15, 0.2) is 66.7 Å². The van der Waals surface area contributed by atoms with Crippen LogP contribution in [0.2, 0.25) is 0 Å². The van der Waals surface area contributed by atoms with Gasteiger partial charge in [0.1, 0.15) is 0 Å². The topological polar surface area (TPSA) is 112 Å². The molecule has 0 radical (unpaired) electrons. The number of ether oxygens (including phenoxy) is 2. The average molecular weight is 570 g/mol. The summed E-state index contributed by atoms with van der Waals surface area (Å²) in [5.74, 6) is -1.48. The van der Waals surface area contributed by atoms with Gasteiger partial charge in [-0.15, -0.1) is 0 Å². The van der Waals surface area contributed by atoms with Crippen LogP contribution in [-0.2, 0) is 22.5 Å². The quantitative estimate of drug-likeness (QED) is 0.146. The smallest absolute Gasteiger partial charge is 0.339 e. The van der Waals surface area contributed by atoms with Crippen molar-refractivity contribution in [1.82, 2.24) is 9.88 Å². The molecular weight excluding hydrogens is 541 g/mol. The Morgan fingerprint density at radius 3 is 2.57 bits per heavy atom. The van der Waals surface area contributed by atoms with E-state index in [0.29, 0.717) is 34.1 Å². The molecule has 0 saturated heterocycles. The van der Waals surface area contributed by atoms with Gasteiger partial charge in [-0.2, -0.15) is 0 Å². The number of amides is 1. The lowest BCUT2D eigenvalue weighted by Crippen LogP contribution is -2.31. The number of non-ortho nitro benzene ring substituents is 1. The molecule has 1 aromatic heterocycles. The summed E-state index contributed by atoms with van der Waals surface area (Å²) >= 11 is 0. The van der Waals surface area contributed by atoms with Crippen LogP contribution in [0.3, 0.4) is 0 Å². The summed E-state index contributed by atoms with van der Waals surface area (Å²) in [5, 5.41) is 11.7. The van der Waals surface area contributed by atoms with Crippen LogP contribution in [0, 0.1) is 15.9 Å². The molecule has 0 spiro atoms. The summed E-state index contributed by atoms with van der Waals surface area (Å²) in [6.45, 7) is -0.355. The number of hydrogen-bond donors (Lipinski definition) is 0. The van der Waals surface area contributed by atoms with E-state index in [0.717, 1.165) is 29.5 Å². The molecule has 214 valence electrons. The molecule has 1 heterocycles. The first-order valence-electron chi connectivity index (χ1n) is 13.4. The number of hydrogen-bond acceptors (Lipinski definition) is 7. The number of nitrogens with zero attached hydrogens (tertiary/aromatic N) is 3. The lowest BCUT2D eigenvalue weighted by molar-refractivity contribution is -0.384. The van der Waals surface area contributed by atoms with Crippen molar-refractivity contribution in [1.29, 1.82) is 0 Å². The molecule has 10 heteroatoms. The Hall–Kier alpha value is -5.12. The van der Waals surface area contributed by atoms with Crippen molar-refractivity contribution in [2.75, 3.05) is 20.8 Å². The fraction of sp³-hybridized carbons (Fsp3) is 0.219. The molecule has 0 bridgehead atoms. The van der Waals surface area contributed by atoms with E-state index in [4.69, 9.17) is 14.5 Å². The van der Waals surface area contributed by atoms with Crippen LogP contribution < -0.4 is 4.74 Å². The van der Waals surface area contributed by atoms with Crippen LogP contribution in [0.5, 0.6) is 5.75 Å². The van der Waals surface area contributed by atoms with E-state index in [1.165, 1.54) is 36.3 Å². The average Bonchev–Trinajstić information content (AvgIpc) is 2.99. The van der Waals surface area contributed by atoms with Gasteiger partial charge in [0.05, 0.1) is 28.8 Å². The first kappa shape index (κ1) is 28.4. The predicted molar refractivity (Wildman–Crippen MR) is 155 cm³/mol. The number of carbonyl (C=O) groups excluding carboxylic acids is 2. The van der Waals surface area contributed by atoms with Crippen molar-refractivity contribution in [3.8, 4) is 5.75 Å². The first-order valence-corrected chi connectivity index (χ1v) is 13.4. The molecular formula is C32H28FN3O6. The number of allylic oxidation sites excluding steroid dienone is 1. The molecule has 0 saturated carbocycles. The number of halogens is 1. The van der Waals surface area contributed by atoms with Crippen molar-refractivity contribution in [3.63, 3.8) is 0 Å². The summed E-state index contributed by atoms with van der Waals surface area (Å²) in [6, 6.07) is 18.0. The van der Waals surface area contributed by atoms with Gasteiger partial charge in [0.15, 0.2) is 18.2 Å². The number of nitro benzene ring substituents is 1. The minimum Gasteiger partial charge on any atom is -0.494 e. The maximum atomic E-state index is 14.1. The normalized spacial score (nSPS) is 13.5. The highest BCUT2D eigenvalue weighted by atomic mass is 19.1. The van der Waals surface area contributed by atoms with Gasteiger partial charge in [-0.1, -0.05) is 24.3 Å². The monoisotopic (exact) mass is 569 g/mol. The van der Waals surface area contributed by atoms with Crippen molar-refractivity contribution >= 4 is 40.1 Å². The predicted octanol–water partition coefficient (Wildman–Crippen LogP) is 5.98. The second kappa shape index (κ2) is 12.2. The van der Waals surface area contributed by atoms with Crippen molar-refractivity contribution < 1.29 is 28.4 Å². The Morgan fingerprint density at radius 1 is 1.10 bits per heavy atom. The van der Waals surface area contributed by atoms with Gasteiger partial charge in [0.2, 0.25) is 0 Å². The zero-order valence-electron chi connectivity index (χ0n) is 23.1. The highest BCUT2D eigenvalue weighted by molar-refractivity contribution is 6.07. The van der Waals surface area contributed by atoms with Crippen molar-refractivity contribution in [3.05, 3.63) is 111 Å². The second-order valence-electron chi connectivity index (χ2n) is 10.00. The summed E-state index contributed by atoms with van der Waals surface area (Å²) in [5.41, 5.74) is 4.68. The third kappa shape index (κ3) is 5.97. The maximum Gasteiger partial charge on any atom is 0.339 e. The number of esters is 1. The highest BCUT2D eigenvalue weighted by Gasteiger charge is 2.27. The number of methoxy groups -OCH3 is 1. The largest absolute Gasteiger partial charge is 0.494 e. The summed E-state index contributed by atoms with van der Waals surface area (Å²) in [6.07, 6.45) is 4.02. The Morgan fingerprint density at radius 2 is 1.86 bits per heavy atom. The number of carbonyl (C=O) groups is 2. The van der Waals surface area contributed by atoms with E-state index in [9.17, 15) is 24.1 Å². The molecule has 5 rings (SSSR count). The molecule has 9 nitrogen and oxygen atoms in total. The third-order valence-electron chi connectivity index (χ3n) is 7.21. The number of rotatable bonds is 8. The molecule has 0 atom stereocenters. The minimum absolute atomic E-state index is 0.00620. The first-order chi connectivity index (χ1) is 20.2. The second-order valence-corrected chi connectivity index (χ2v) is 10.00. The van der Waals surface area contributed by atoms with Gasteiger partial charge in [0, 0.05) is 31.1 Å². The van der Waals surface area contributed by atoms with E-state index in [2.05, 4.69) is 0 Å². The third-order valence-corrected chi connectivity index (χ3v) is 7.21. The number of aromatic nitrogens is 1. The minimum atomic E-state index is -0.626. The van der Waals surface area contributed by atoms with Gasteiger partial charge in [-0.05, 0) is 77.9 Å². The fourth-order valence-corrected chi connectivity index (χ4v) is 5.08. The molecule has 1 amide bonds. The van der Waals surface area contributed by atoms with Crippen LogP contribution in [0.4, 0.5) is 10.1 Å². The molecule has 4 aromatic rings. The number of nitro groups is 1. The Balaban J connectivity index is 1.39. The number of likely N-dealkylation sites (N-methyl/N-ethyl adjacent to an activating group) is 1. The van der Waals surface area contributed by atoms with Crippen LogP contribution in [0.1, 0.15) is 45.6 Å². The van der Waals surface area contributed by atoms with E-state index >= 15 is 0 Å². The maximum absolute atomic E-state index is 14.1. The van der Waals surface area contributed by atoms with E-state index in [-0.39, 0.29) is 18.0 Å². The van der Waals surface area contributed by atoms with E-state index in [1.807, 2.05) is 24.3 Å². The summed E-state index contributed by atoms with van der Waals surface area (Å²) < 4.78 is 24.5. The number of para-hydroxylation sites is 1. The van der Waals surface area contributed by atoms with Gasteiger partial charge in [-0.3, -0.25) is 14.9 Å². The number of fused-ring (bicyclic) bond motifs is 2. The Labute approximate surface area is 241 Å². The van der Waals surface area contributed by atoms with Crippen LogP contribution in [0.25, 0.3) is 22.6 Å². The lowest BCUT2D eigenvalue weighted by Gasteiger charge is -2.23. The summed E-state index contributed by atoms with van der Waals surface area (Å²) in [4.78, 5) is 43.2. The molecule has 42 heavy (non-hydrogen) atoms. The van der Waals surface area contributed by atoms with Crippen LogP contribution >= 0.6 is 0 Å². The number of benzene rings is 3. The molecule has 3 aromatic carbocycles. The molecule has 1 aliphatic rings. The molecule has 1 aliphatic carbocycles. The Kier molecular flexibility index (Phi) is 8.24. The van der Waals surface area contributed by atoms with E-state index < -0.39 is 29.2 Å². The van der Waals surface area contributed by atoms with Crippen molar-refractivity contribution in [2.45, 2.75) is 25.8 Å². The van der Waals surface area contributed by atoms with Gasteiger partial charge >= 0.3 is 5.97 Å².